The van der Waals surface area contributed by atoms with E-state index in [4.69, 9.17) is 11.6 Å². The lowest BCUT2D eigenvalue weighted by Gasteiger charge is -2.18. The lowest BCUT2D eigenvalue weighted by atomic mass is 10.1. The fourth-order valence-corrected chi connectivity index (χ4v) is 3.02. The van der Waals surface area contributed by atoms with E-state index in [1.807, 2.05) is 43.3 Å². The minimum Gasteiger partial charge on any atom is -0.376 e. The molecule has 2 amide bonds. The molecule has 6 heteroatoms. The molecule has 3 aromatic carbocycles. The second kappa shape index (κ2) is 9.26. The Morgan fingerprint density at radius 2 is 1.69 bits per heavy atom. The standard InChI is InChI=1S/C23H22ClN3O2/c1-16-20(24)12-7-13-21(16)26-22(28)15-25-18-9-6-8-17(14-18)23(29)27(2)19-10-4-3-5-11-19/h3-14,25H,15H2,1-2H3,(H,26,28). The van der Waals surface area contributed by atoms with Crippen molar-refractivity contribution in [3.8, 4) is 0 Å². The average molecular weight is 408 g/mol. The van der Waals surface area contributed by atoms with Crippen molar-refractivity contribution in [1.29, 1.82) is 0 Å². The SMILES string of the molecule is Cc1c(Cl)cccc1NC(=O)CNc1cccc(C(=O)N(C)c2ccccc2)c1. The zero-order valence-corrected chi connectivity index (χ0v) is 17.0. The van der Waals surface area contributed by atoms with Crippen molar-refractivity contribution in [2.75, 3.05) is 29.1 Å². The van der Waals surface area contributed by atoms with Crippen LogP contribution in [0.5, 0.6) is 0 Å². The Bertz CT molecular complexity index is 1020. The van der Waals surface area contributed by atoms with Crippen LogP contribution in [0.2, 0.25) is 5.02 Å². The van der Waals surface area contributed by atoms with Crippen molar-refractivity contribution in [3.63, 3.8) is 0 Å². The maximum absolute atomic E-state index is 12.8. The third-order valence-corrected chi connectivity index (χ3v) is 4.96. The minimum atomic E-state index is -0.200. The molecule has 0 spiro atoms. The number of carbonyl (C=O) groups is 2. The lowest BCUT2D eigenvalue weighted by Crippen LogP contribution is -2.26. The number of benzene rings is 3. The van der Waals surface area contributed by atoms with Gasteiger partial charge in [0.05, 0.1) is 6.54 Å². The Morgan fingerprint density at radius 1 is 0.966 bits per heavy atom. The predicted octanol–water partition coefficient (Wildman–Crippen LogP) is 4.98. The summed E-state index contributed by atoms with van der Waals surface area (Å²) in [6, 6.07) is 21.9. The summed E-state index contributed by atoms with van der Waals surface area (Å²) in [5.41, 5.74) is 3.53. The topological polar surface area (TPSA) is 61.4 Å². The summed E-state index contributed by atoms with van der Waals surface area (Å²) in [6.07, 6.45) is 0. The van der Waals surface area contributed by atoms with Gasteiger partial charge >= 0.3 is 0 Å². The second-order valence-corrected chi connectivity index (χ2v) is 7.00. The smallest absolute Gasteiger partial charge is 0.258 e. The largest absolute Gasteiger partial charge is 0.376 e. The van der Waals surface area contributed by atoms with Crippen LogP contribution in [0.3, 0.4) is 0 Å². The van der Waals surface area contributed by atoms with Gasteiger partial charge in [-0.15, -0.1) is 0 Å². The molecule has 5 nitrogen and oxygen atoms in total. The van der Waals surface area contributed by atoms with Gasteiger partial charge in [0.25, 0.3) is 5.91 Å². The number of para-hydroxylation sites is 1. The van der Waals surface area contributed by atoms with E-state index < -0.39 is 0 Å². The Hall–Kier alpha value is -3.31. The van der Waals surface area contributed by atoms with Crippen LogP contribution >= 0.6 is 11.6 Å². The Morgan fingerprint density at radius 3 is 2.45 bits per heavy atom. The minimum absolute atomic E-state index is 0.0676. The zero-order chi connectivity index (χ0) is 20.8. The molecule has 2 N–H and O–H groups in total. The first-order valence-electron chi connectivity index (χ1n) is 9.17. The van der Waals surface area contributed by atoms with Crippen molar-refractivity contribution in [2.45, 2.75) is 6.92 Å². The maximum Gasteiger partial charge on any atom is 0.258 e. The highest BCUT2D eigenvalue weighted by molar-refractivity contribution is 6.31. The van der Waals surface area contributed by atoms with Crippen molar-refractivity contribution in [2.24, 2.45) is 0 Å². The number of carbonyl (C=O) groups excluding carboxylic acids is 2. The van der Waals surface area contributed by atoms with Gasteiger partial charge in [-0.25, -0.2) is 0 Å². The number of anilines is 3. The highest BCUT2D eigenvalue weighted by Crippen LogP contribution is 2.23. The van der Waals surface area contributed by atoms with Crippen LogP contribution in [-0.4, -0.2) is 25.4 Å². The first-order chi connectivity index (χ1) is 14.0. The molecule has 0 fully saturated rings. The van der Waals surface area contributed by atoms with Gasteiger partial charge in [-0.2, -0.15) is 0 Å². The maximum atomic E-state index is 12.8. The fourth-order valence-electron chi connectivity index (χ4n) is 2.84. The van der Waals surface area contributed by atoms with Crippen LogP contribution in [0.15, 0.2) is 72.8 Å². The summed E-state index contributed by atoms with van der Waals surface area (Å²) in [6.45, 7) is 1.92. The zero-order valence-electron chi connectivity index (χ0n) is 16.3. The molecule has 0 radical (unpaired) electrons. The number of nitrogens with one attached hydrogen (secondary N) is 2. The van der Waals surface area contributed by atoms with Crippen molar-refractivity contribution < 1.29 is 9.59 Å². The van der Waals surface area contributed by atoms with E-state index in [-0.39, 0.29) is 18.4 Å². The van der Waals surface area contributed by atoms with E-state index in [0.717, 1.165) is 11.3 Å². The fraction of sp³-hybridized carbons (Fsp3) is 0.130. The molecule has 3 rings (SSSR count). The Labute approximate surface area is 175 Å². The lowest BCUT2D eigenvalue weighted by molar-refractivity contribution is -0.114. The highest BCUT2D eigenvalue weighted by atomic mass is 35.5. The third-order valence-electron chi connectivity index (χ3n) is 4.55. The quantitative estimate of drug-likeness (QED) is 0.606. The summed E-state index contributed by atoms with van der Waals surface area (Å²) in [5.74, 6) is -0.327. The van der Waals surface area contributed by atoms with Crippen LogP contribution in [0.25, 0.3) is 0 Å². The molecule has 0 bridgehead atoms. The van der Waals surface area contributed by atoms with Crippen molar-refractivity contribution >= 4 is 40.5 Å². The number of hydrogen-bond acceptors (Lipinski definition) is 3. The third kappa shape index (κ3) is 5.15. The predicted molar refractivity (Wildman–Crippen MR) is 119 cm³/mol. The summed E-state index contributed by atoms with van der Waals surface area (Å²) >= 11 is 6.08. The van der Waals surface area contributed by atoms with E-state index >= 15 is 0 Å². The molecule has 0 saturated heterocycles. The van der Waals surface area contributed by atoms with Gasteiger partial charge in [-0.05, 0) is 55.0 Å². The second-order valence-electron chi connectivity index (χ2n) is 6.59. The number of halogens is 1. The Balaban J connectivity index is 1.63. The summed E-state index contributed by atoms with van der Waals surface area (Å²) in [5, 5.41) is 6.50. The van der Waals surface area contributed by atoms with E-state index in [0.29, 0.717) is 22.0 Å². The number of nitrogens with zero attached hydrogens (tertiary/aromatic N) is 1. The summed E-state index contributed by atoms with van der Waals surface area (Å²) in [4.78, 5) is 26.6. The van der Waals surface area contributed by atoms with Crippen molar-refractivity contribution in [3.05, 3.63) is 88.9 Å². The van der Waals surface area contributed by atoms with Crippen LogP contribution in [0, 0.1) is 6.92 Å². The highest BCUT2D eigenvalue weighted by Gasteiger charge is 2.14. The molecule has 0 aliphatic heterocycles. The Kier molecular flexibility index (Phi) is 6.52. The average Bonchev–Trinajstić information content (AvgIpc) is 2.75. The molecular formula is C23H22ClN3O2. The molecule has 0 aliphatic carbocycles. The monoisotopic (exact) mass is 407 g/mol. The van der Waals surface area contributed by atoms with Crippen molar-refractivity contribution in [1.82, 2.24) is 0 Å². The van der Waals surface area contributed by atoms with E-state index in [2.05, 4.69) is 10.6 Å². The van der Waals surface area contributed by atoms with Gasteiger partial charge in [0.1, 0.15) is 0 Å². The van der Waals surface area contributed by atoms with Crippen LogP contribution in [-0.2, 0) is 4.79 Å². The summed E-state index contributed by atoms with van der Waals surface area (Å²) < 4.78 is 0. The number of hydrogen-bond donors (Lipinski definition) is 2. The normalized spacial score (nSPS) is 10.3. The molecule has 29 heavy (non-hydrogen) atoms. The number of amides is 2. The molecule has 0 aromatic heterocycles. The molecule has 0 aliphatic rings. The molecular weight excluding hydrogens is 386 g/mol. The van der Waals surface area contributed by atoms with Crippen LogP contribution in [0.4, 0.5) is 17.1 Å². The van der Waals surface area contributed by atoms with Gasteiger partial charge < -0.3 is 15.5 Å². The number of rotatable bonds is 6. The van der Waals surface area contributed by atoms with E-state index in [1.54, 1.807) is 48.3 Å². The van der Waals surface area contributed by atoms with Gasteiger partial charge in [-0.3, -0.25) is 9.59 Å². The van der Waals surface area contributed by atoms with Crippen LogP contribution < -0.4 is 15.5 Å². The molecule has 0 heterocycles. The van der Waals surface area contributed by atoms with Gasteiger partial charge in [0.15, 0.2) is 0 Å². The van der Waals surface area contributed by atoms with Gasteiger partial charge in [-0.1, -0.05) is 41.9 Å². The van der Waals surface area contributed by atoms with E-state index in [9.17, 15) is 9.59 Å². The first kappa shape index (κ1) is 20.4. The van der Waals surface area contributed by atoms with Gasteiger partial charge in [0, 0.05) is 34.7 Å². The van der Waals surface area contributed by atoms with Crippen LogP contribution in [0.1, 0.15) is 15.9 Å². The molecule has 3 aromatic rings. The molecule has 0 saturated carbocycles. The van der Waals surface area contributed by atoms with Gasteiger partial charge in [0.2, 0.25) is 5.91 Å². The summed E-state index contributed by atoms with van der Waals surface area (Å²) in [7, 11) is 1.73. The molecule has 0 unspecified atom stereocenters. The van der Waals surface area contributed by atoms with E-state index in [1.165, 1.54) is 0 Å². The molecule has 148 valence electrons. The first-order valence-corrected chi connectivity index (χ1v) is 9.55. The molecule has 0 atom stereocenters.